The zero-order valence-electron chi connectivity index (χ0n) is 34.4. The molecule has 0 amide bonds. The van der Waals surface area contributed by atoms with E-state index in [0.29, 0.717) is 0 Å². The highest BCUT2D eigenvalue weighted by molar-refractivity contribution is 7.02. The highest BCUT2D eigenvalue weighted by Crippen LogP contribution is 2.43. The molecule has 5 nitrogen and oxygen atoms in total. The van der Waals surface area contributed by atoms with Crippen LogP contribution in [0.4, 0.5) is 0 Å². The molecule has 0 N–H and O–H groups in total. The van der Waals surface area contributed by atoms with Gasteiger partial charge in [0.15, 0.2) is 0 Å². The summed E-state index contributed by atoms with van der Waals surface area (Å²) in [5, 5.41) is 5.11. The normalized spacial score (nSPS) is 13.2. The molecule has 0 saturated carbocycles. The topological polar surface area (TPSA) is 35.9 Å². The smallest absolute Gasteiger partial charge is 0.269 e. The van der Waals surface area contributed by atoms with Gasteiger partial charge in [-0.15, -0.1) is 0 Å². The third-order valence-electron chi connectivity index (χ3n) is 12.4. The van der Waals surface area contributed by atoms with E-state index in [1.54, 1.807) is 0 Å². The summed E-state index contributed by atoms with van der Waals surface area (Å²) in [6, 6.07) is 60.8. The average molecular weight is 793 g/mol. The molecule has 60 heavy (non-hydrogen) atoms. The highest BCUT2D eigenvalue weighted by atomic mass is 28.3. The molecule has 1 aliphatic rings. The van der Waals surface area contributed by atoms with Crippen molar-refractivity contribution in [2.24, 2.45) is 0 Å². The van der Waals surface area contributed by atoms with Crippen LogP contribution in [0.2, 0.25) is 13.1 Å². The summed E-state index contributed by atoms with van der Waals surface area (Å²) < 4.78 is 13.7. The van der Waals surface area contributed by atoms with E-state index in [9.17, 15) is 0 Å². The first kappa shape index (κ1) is 36.1. The van der Waals surface area contributed by atoms with Gasteiger partial charge in [0.1, 0.15) is 25.4 Å². The van der Waals surface area contributed by atoms with Crippen molar-refractivity contribution in [1.29, 1.82) is 0 Å². The van der Waals surface area contributed by atoms with Crippen molar-refractivity contribution in [3.05, 3.63) is 188 Å². The number of benzene rings is 7. The lowest BCUT2D eigenvalue weighted by Crippen LogP contribution is -2.57. The Labute approximate surface area is 351 Å². The van der Waals surface area contributed by atoms with Crippen LogP contribution in [0.5, 0.6) is 11.5 Å². The molecule has 7 aromatic carbocycles. The van der Waals surface area contributed by atoms with Gasteiger partial charge in [-0.2, -0.15) is 0 Å². The summed E-state index contributed by atoms with van der Waals surface area (Å²) >= 11 is 0. The molecule has 11 rings (SSSR count). The summed E-state index contributed by atoms with van der Waals surface area (Å²) in [6.45, 7) is 11.7. The van der Waals surface area contributed by atoms with Gasteiger partial charge in [-0.05, 0) is 104 Å². The molecule has 10 aromatic rings. The van der Waals surface area contributed by atoms with Crippen LogP contribution in [0, 0.1) is 6.33 Å². The van der Waals surface area contributed by atoms with Gasteiger partial charge >= 0.3 is 0 Å². The Hall–Kier alpha value is -7.02. The first-order chi connectivity index (χ1) is 29.1. The fourth-order valence-corrected chi connectivity index (χ4v) is 12.2. The lowest BCUT2D eigenvalue weighted by atomic mass is 9.88. The lowest BCUT2D eigenvalue weighted by Gasteiger charge is -2.32. The van der Waals surface area contributed by atoms with Crippen molar-refractivity contribution in [3.8, 4) is 50.9 Å². The van der Waals surface area contributed by atoms with Crippen LogP contribution < -0.4 is 19.7 Å². The molecule has 0 atom stereocenters. The molecule has 0 unspecified atom stereocenters. The van der Waals surface area contributed by atoms with E-state index < -0.39 is 8.07 Å². The number of aromatic nitrogens is 4. The molecule has 0 fully saturated rings. The number of imidazole rings is 1. The zero-order valence-corrected chi connectivity index (χ0v) is 35.4. The first-order valence-corrected chi connectivity index (χ1v) is 23.7. The maximum atomic E-state index is 6.92. The zero-order chi connectivity index (χ0) is 40.8. The SMILES string of the molecule is CC(C)(C)c1ccnc(-n2c3cc(Oc4ccc5c(c4)-n4[c-][n+](-c6ccccc6)c6cccc(c64)[Si]5(C)C)ccc3c3c(-c4ccccc4)cc(-c4ccccc4)cc32)c1. The quantitative estimate of drug-likeness (QED) is 0.0955. The number of hydrogen-bond acceptors (Lipinski definition) is 2. The van der Waals surface area contributed by atoms with E-state index in [4.69, 9.17) is 9.72 Å². The summed E-state index contributed by atoms with van der Waals surface area (Å²) in [5.74, 6) is 2.42. The molecule has 0 spiro atoms. The Kier molecular flexibility index (Phi) is 8.13. The summed E-state index contributed by atoms with van der Waals surface area (Å²) in [5.41, 5.74) is 12.6. The first-order valence-electron chi connectivity index (χ1n) is 20.7. The van der Waals surface area contributed by atoms with Crippen LogP contribution >= 0.6 is 0 Å². The van der Waals surface area contributed by atoms with Gasteiger partial charge in [-0.25, -0.2) is 4.98 Å². The maximum absolute atomic E-state index is 6.92. The van der Waals surface area contributed by atoms with Crippen LogP contribution in [-0.4, -0.2) is 22.2 Å². The van der Waals surface area contributed by atoms with Crippen molar-refractivity contribution >= 4 is 51.3 Å². The molecule has 0 radical (unpaired) electrons. The molecule has 290 valence electrons. The van der Waals surface area contributed by atoms with Gasteiger partial charge < -0.3 is 4.74 Å². The van der Waals surface area contributed by atoms with Crippen LogP contribution in [0.15, 0.2) is 176 Å². The minimum atomic E-state index is -2.07. The van der Waals surface area contributed by atoms with Crippen molar-refractivity contribution in [2.45, 2.75) is 39.3 Å². The average Bonchev–Trinajstić information content (AvgIpc) is 3.82. The number of ether oxygens (including phenoxy) is 1. The van der Waals surface area contributed by atoms with E-state index in [2.05, 4.69) is 224 Å². The predicted octanol–water partition coefficient (Wildman–Crippen LogP) is 11.8. The Bertz CT molecular complexity index is 3290. The second kappa shape index (κ2) is 13.5. The van der Waals surface area contributed by atoms with Crippen LogP contribution in [0.25, 0.3) is 72.3 Å². The maximum Gasteiger partial charge on any atom is 0.269 e. The van der Waals surface area contributed by atoms with E-state index in [0.717, 1.165) is 56.2 Å². The largest absolute Gasteiger partial charge is 0.458 e. The number of rotatable bonds is 6. The molecule has 6 heteroatoms. The summed E-state index contributed by atoms with van der Waals surface area (Å²) in [7, 11) is -2.07. The van der Waals surface area contributed by atoms with Crippen molar-refractivity contribution < 1.29 is 9.30 Å². The molecule has 4 heterocycles. The molecular weight excluding hydrogens is 749 g/mol. The third-order valence-corrected chi connectivity index (χ3v) is 15.9. The van der Waals surface area contributed by atoms with Crippen molar-refractivity contribution in [1.82, 2.24) is 14.1 Å². The monoisotopic (exact) mass is 792 g/mol. The second-order valence-corrected chi connectivity index (χ2v) is 21.8. The predicted molar refractivity (Wildman–Crippen MR) is 249 cm³/mol. The molecule has 0 bridgehead atoms. The number of hydrogen-bond donors (Lipinski definition) is 0. The second-order valence-electron chi connectivity index (χ2n) is 17.5. The van der Waals surface area contributed by atoms with Gasteiger partial charge in [0.25, 0.3) is 6.33 Å². The molecular formula is C54H44N4OSi. The number of para-hydroxylation sites is 2. The lowest BCUT2D eigenvalue weighted by molar-refractivity contribution is -0.572. The van der Waals surface area contributed by atoms with E-state index in [-0.39, 0.29) is 5.41 Å². The fourth-order valence-electron chi connectivity index (χ4n) is 9.26. The summed E-state index contributed by atoms with van der Waals surface area (Å²) in [4.78, 5) is 5.05. The van der Waals surface area contributed by atoms with Crippen LogP contribution in [0.1, 0.15) is 26.3 Å². The molecule has 1 aliphatic heterocycles. The van der Waals surface area contributed by atoms with E-state index in [1.165, 1.54) is 43.5 Å². The van der Waals surface area contributed by atoms with Gasteiger partial charge in [-0.3, -0.25) is 13.7 Å². The Morgan fingerprint density at radius 3 is 2.07 bits per heavy atom. The summed E-state index contributed by atoms with van der Waals surface area (Å²) in [6.07, 6.45) is 5.68. The molecule has 3 aromatic heterocycles. The number of fused-ring (bicyclic) bond motifs is 5. The van der Waals surface area contributed by atoms with E-state index >= 15 is 0 Å². The highest BCUT2D eigenvalue weighted by Gasteiger charge is 2.36. The number of nitrogens with zero attached hydrogens (tertiary/aromatic N) is 4. The van der Waals surface area contributed by atoms with Crippen LogP contribution in [0.3, 0.4) is 0 Å². The van der Waals surface area contributed by atoms with Gasteiger partial charge in [0, 0.05) is 23.0 Å². The third kappa shape index (κ3) is 5.74. The van der Waals surface area contributed by atoms with Crippen molar-refractivity contribution in [2.75, 3.05) is 0 Å². The Morgan fingerprint density at radius 1 is 0.617 bits per heavy atom. The Balaban J connectivity index is 1.11. The number of pyridine rings is 1. The van der Waals surface area contributed by atoms with Gasteiger partial charge in [0.05, 0.1) is 33.4 Å². The standard InChI is InChI=1S/C54H44N4OSi/c1-54(2,3)39-28-29-55-51(32-39)58-46-33-41(24-26-43(46)52-44(37-18-11-7-12-19-37)30-38(31-48(52)58)36-16-9-6-10-17-36)59-42-25-27-49-47(34-42)57-35-56(40-20-13-8-14-21-40)45-22-15-23-50(53(45)57)60(49,4)5/h6-34H,1-5H3. The Morgan fingerprint density at radius 2 is 1.32 bits per heavy atom. The minimum Gasteiger partial charge on any atom is -0.458 e. The van der Waals surface area contributed by atoms with Crippen LogP contribution in [-0.2, 0) is 5.41 Å². The van der Waals surface area contributed by atoms with E-state index in [1.807, 2.05) is 6.20 Å². The van der Waals surface area contributed by atoms with Crippen molar-refractivity contribution in [3.63, 3.8) is 0 Å². The van der Waals surface area contributed by atoms with Gasteiger partial charge in [0.2, 0.25) is 0 Å². The fraction of sp³-hybridized carbons (Fsp3) is 0.111. The molecule has 0 aliphatic carbocycles. The van der Waals surface area contributed by atoms with Gasteiger partial charge in [-0.1, -0.05) is 137 Å². The minimum absolute atomic E-state index is 0.0530. The molecule has 0 saturated heterocycles.